The average molecular weight is 544 g/mol. The maximum Gasteiger partial charge on any atom is 0.436 e. The SMILES string of the molecule is CCOC(=O)n1nc2c(c1NC(=O)c1ccc(N3CCN(C)CC3)cc1[N+](=O)[O-])CNC2(C)C.Cl.Cl. The molecular formula is C22H31Cl2N7O5. The van der Waals surface area contributed by atoms with Gasteiger partial charge >= 0.3 is 6.09 Å². The Morgan fingerprint density at radius 2 is 1.89 bits per heavy atom. The second-order valence-corrected chi connectivity index (χ2v) is 8.97. The molecule has 1 saturated heterocycles. The lowest BCUT2D eigenvalue weighted by atomic mass is 10.0. The van der Waals surface area contributed by atoms with Gasteiger partial charge in [0.05, 0.1) is 22.8 Å². The maximum atomic E-state index is 13.2. The summed E-state index contributed by atoms with van der Waals surface area (Å²) in [7, 11) is 2.03. The molecule has 0 saturated carbocycles. The maximum absolute atomic E-state index is 13.2. The van der Waals surface area contributed by atoms with E-state index in [4.69, 9.17) is 4.74 Å². The van der Waals surface area contributed by atoms with Crippen molar-refractivity contribution >= 4 is 54.0 Å². The van der Waals surface area contributed by atoms with Crippen molar-refractivity contribution in [2.45, 2.75) is 32.9 Å². The number of nitro groups is 1. The van der Waals surface area contributed by atoms with E-state index in [2.05, 4.69) is 25.5 Å². The summed E-state index contributed by atoms with van der Waals surface area (Å²) in [6, 6.07) is 4.59. The summed E-state index contributed by atoms with van der Waals surface area (Å²) in [5.41, 5.74) is 1.03. The fraction of sp³-hybridized carbons (Fsp3) is 0.500. The number of rotatable bonds is 5. The van der Waals surface area contributed by atoms with Crippen LogP contribution in [0.3, 0.4) is 0 Å². The van der Waals surface area contributed by atoms with E-state index in [9.17, 15) is 19.7 Å². The summed E-state index contributed by atoms with van der Waals surface area (Å²) in [5.74, 6) is -0.552. The molecule has 2 aliphatic rings. The highest BCUT2D eigenvalue weighted by molar-refractivity contribution is 6.08. The van der Waals surface area contributed by atoms with Gasteiger partial charge in [0.1, 0.15) is 11.4 Å². The molecule has 0 radical (unpaired) electrons. The van der Waals surface area contributed by atoms with Crippen molar-refractivity contribution in [2.75, 3.05) is 50.1 Å². The van der Waals surface area contributed by atoms with Crippen molar-refractivity contribution in [3.63, 3.8) is 0 Å². The number of ether oxygens (including phenoxy) is 1. The van der Waals surface area contributed by atoms with E-state index in [1.165, 1.54) is 12.1 Å². The first-order valence-corrected chi connectivity index (χ1v) is 11.2. The van der Waals surface area contributed by atoms with Crippen LogP contribution in [0.25, 0.3) is 0 Å². The number of nitro benzene ring substituents is 1. The highest BCUT2D eigenvalue weighted by Gasteiger charge is 2.38. The Balaban J connectivity index is 0.00000228. The Kier molecular flexibility index (Phi) is 9.29. The molecule has 0 spiro atoms. The molecule has 4 rings (SSSR count). The van der Waals surface area contributed by atoms with Crippen molar-refractivity contribution in [2.24, 2.45) is 0 Å². The number of piperazine rings is 1. The van der Waals surface area contributed by atoms with Crippen LogP contribution in [0.15, 0.2) is 18.2 Å². The Labute approximate surface area is 221 Å². The number of carbonyl (C=O) groups is 2. The van der Waals surface area contributed by atoms with E-state index >= 15 is 0 Å². The third kappa shape index (κ3) is 5.56. The predicted octanol–water partition coefficient (Wildman–Crippen LogP) is 2.98. The number of hydrogen-bond donors (Lipinski definition) is 2. The second kappa shape index (κ2) is 11.4. The molecule has 0 atom stereocenters. The molecule has 12 nitrogen and oxygen atoms in total. The van der Waals surface area contributed by atoms with E-state index in [-0.39, 0.29) is 48.5 Å². The van der Waals surface area contributed by atoms with E-state index in [0.717, 1.165) is 30.9 Å². The zero-order chi connectivity index (χ0) is 24.6. The zero-order valence-electron chi connectivity index (χ0n) is 20.6. The first-order valence-electron chi connectivity index (χ1n) is 11.2. The monoisotopic (exact) mass is 543 g/mol. The first-order chi connectivity index (χ1) is 16.1. The van der Waals surface area contributed by atoms with E-state index in [1.807, 2.05) is 20.9 Å². The molecule has 0 unspecified atom stereocenters. The normalized spacial score (nSPS) is 16.4. The van der Waals surface area contributed by atoms with Gasteiger partial charge in [0.15, 0.2) is 0 Å². The molecule has 0 bridgehead atoms. The number of amides is 1. The van der Waals surface area contributed by atoms with Crippen LogP contribution in [0.5, 0.6) is 0 Å². The Hall–Kier alpha value is -2.93. The van der Waals surface area contributed by atoms with Crippen molar-refractivity contribution in [1.82, 2.24) is 20.0 Å². The van der Waals surface area contributed by atoms with Crippen molar-refractivity contribution < 1.29 is 19.2 Å². The number of benzene rings is 1. The summed E-state index contributed by atoms with van der Waals surface area (Å²) >= 11 is 0. The number of nitrogens with zero attached hydrogens (tertiary/aromatic N) is 5. The Morgan fingerprint density at radius 1 is 1.22 bits per heavy atom. The Morgan fingerprint density at radius 3 is 2.50 bits per heavy atom. The van der Waals surface area contributed by atoms with Crippen LogP contribution in [0.1, 0.15) is 42.4 Å². The molecule has 36 heavy (non-hydrogen) atoms. The number of likely N-dealkylation sites (N-methyl/N-ethyl adjacent to an activating group) is 1. The average Bonchev–Trinajstić information content (AvgIpc) is 3.31. The van der Waals surface area contributed by atoms with Gasteiger partial charge in [-0.05, 0) is 40.0 Å². The largest absolute Gasteiger partial charge is 0.448 e. The highest BCUT2D eigenvalue weighted by Crippen LogP contribution is 2.35. The van der Waals surface area contributed by atoms with Crippen molar-refractivity contribution in [3.05, 3.63) is 45.1 Å². The van der Waals surface area contributed by atoms with Gasteiger partial charge in [-0.25, -0.2) is 4.79 Å². The van der Waals surface area contributed by atoms with E-state index in [1.54, 1.807) is 13.0 Å². The zero-order valence-corrected chi connectivity index (χ0v) is 22.2. The number of carbonyl (C=O) groups excluding carboxylic acids is 2. The van der Waals surface area contributed by atoms with Crippen LogP contribution >= 0.6 is 24.8 Å². The van der Waals surface area contributed by atoms with Gasteiger partial charge in [0.2, 0.25) is 0 Å². The summed E-state index contributed by atoms with van der Waals surface area (Å²) < 4.78 is 6.10. The number of anilines is 2. The van der Waals surface area contributed by atoms with Gasteiger partial charge in [-0.15, -0.1) is 29.5 Å². The highest BCUT2D eigenvalue weighted by atomic mass is 35.5. The molecular weight excluding hydrogens is 513 g/mol. The molecule has 1 aromatic carbocycles. The lowest BCUT2D eigenvalue weighted by Gasteiger charge is -2.34. The van der Waals surface area contributed by atoms with Crippen LogP contribution in [0.2, 0.25) is 0 Å². The third-order valence-corrected chi connectivity index (χ3v) is 6.25. The molecule has 14 heteroatoms. The first kappa shape index (κ1) is 29.3. The molecule has 2 N–H and O–H groups in total. The van der Waals surface area contributed by atoms with E-state index in [0.29, 0.717) is 23.5 Å². The lowest BCUT2D eigenvalue weighted by molar-refractivity contribution is -0.385. The smallest absolute Gasteiger partial charge is 0.436 e. The molecule has 0 aliphatic carbocycles. The van der Waals surface area contributed by atoms with Gasteiger partial charge in [0, 0.05) is 50.0 Å². The minimum absolute atomic E-state index is 0. The van der Waals surface area contributed by atoms with Gasteiger partial charge in [-0.1, -0.05) is 0 Å². The number of halogens is 2. The summed E-state index contributed by atoms with van der Waals surface area (Å²) in [6.07, 6.45) is -0.733. The molecule has 3 heterocycles. The lowest BCUT2D eigenvalue weighted by Crippen LogP contribution is -2.44. The topological polar surface area (TPSA) is 135 Å². The summed E-state index contributed by atoms with van der Waals surface area (Å²) in [6.45, 7) is 9.19. The van der Waals surface area contributed by atoms with Gasteiger partial charge in [0.25, 0.3) is 11.6 Å². The van der Waals surface area contributed by atoms with Gasteiger partial charge < -0.3 is 25.2 Å². The van der Waals surface area contributed by atoms with Crippen LogP contribution in [-0.2, 0) is 16.8 Å². The van der Waals surface area contributed by atoms with Crippen molar-refractivity contribution in [1.29, 1.82) is 0 Å². The summed E-state index contributed by atoms with van der Waals surface area (Å²) in [4.78, 5) is 41.3. The number of nitrogens with one attached hydrogen (secondary N) is 2. The van der Waals surface area contributed by atoms with Crippen LogP contribution < -0.4 is 15.5 Å². The van der Waals surface area contributed by atoms with Crippen LogP contribution in [-0.4, -0.2) is 71.4 Å². The number of fused-ring (bicyclic) bond motifs is 1. The summed E-state index contributed by atoms with van der Waals surface area (Å²) in [5, 5.41) is 22.2. The number of aromatic nitrogens is 2. The molecule has 1 fully saturated rings. The minimum atomic E-state index is -0.733. The van der Waals surface area contributed by atoms with Crippen molar-refractivity contribution in [3.8, 4) is 0 Å². The van der Waals surface area contributed by atoms with Crippen LogP contribution in [0.4, 0.5) is 22.0 Å². The quantitative estimate of drug-likeness (QED) is 0.430. The predicted molar refractivity (Wildman–Crippen MR) is 140 cm³/mol. The minimum Gasteiger partial charge on any atom is -0.448 e. The molecule has 1 aromatic heterocycles. The molecule has 2 aromatic rings. The molecule has 198 valence electrons. The second-order valence-electron chi connectivity index (χ2n) is 8.97. The van der Waals surface area contributed by atoms with Gasteiger partial charge in [-0.2, -0.15) is 5.10 Å². The van der Waals surface area contributed by atoms with Gasteiger partial charge in [-0.3, -0.25) is 14.9 Å². The number of hydrogen-bond acceptors (Lipinski definition) is 9. The fourth-order valence-electron chi connectivity index (χ4n) is 4.26. The molecule has 2 aliphatic heterocycles. The van der Waals surface area contributed by atoms with E-state index < -0.39 is 22.5 Å². The fourth-order valence-corrected chi connectivity index (χ4v) is 4.26. The van der Waals surface area contributed by atoms with Crippen LogP contribution in [0, 0.1) is 10.1 Å². The molecule has 1 amide bonds. The standard InChI is InChI=1S/C22H29N7O5.2ClH/c1-5-34-21(31)28-19(16-13-23-22(2,3)18(16)25-28)24-20(30)15-7-6-14(12-17(15)29(32)33)27-10-8-26(4)9-11-27;;/h6-7,12,23H,5,8-11,13H2,1-4H3,(H,24,30);2*1H. The third-order valence-electron chi connectivity index (χ3n) is 6.25. The Bertz CT molecular complexity index is 1150.